The Morgan fingerprint density at radius 2 is 1.90 bits per heavy atom. The molecule has 2 saturated carbocycles. The van der Waals surface area contributed by atoms with E-state index in [1.54, 1.807) is 20.8 Å². The van der Waals surface area contributed by atoms with Gasteiger partial charge in [0.05, 0.1) is 12.0 Å². The van der Waals surface area contributed by atoms with Crippen LogP contribution < -0.4 is 5.32 Å². The minimum atomic E-state index is -0.741. The molecule has 4 heteroatoms. The number of amides is 1. The smallest absolute Gasteiger partial charge is 0.312 e. The van der Waals surface area contributed by atoms with Gasteiger partial charge in [-0.05, 0) is 45.4 Å². The molecule has 0 aromatic rings. The Hall–Kier alpha value is -1.06. The molecular formula is C16H27NO3. The molecule has 1 N–H and O–H groups in total. The molecule has 114 valence electrons. The van der Waals surface area contributed by atoms with Crippen LogP contribution in [0.5, 0.6) is 0 Å². The lowest BCUT2D eigenvalue weighted by molar-refractivity contribution is -0.155. The van der Waals surface area contributed by atoms with Gasteiger partial charge in [0.25, 0.3) is 0 Å². The lowest BCUT2D eigenvalue weighted by Crippen LogP contribution is -2.37. The summed E-state index contributed by atoms with van der Waals surface area (Å²) in [5.41, 5.74) is -0.351. The maximum Gasteiger partial charge on any atom is 0.312 e. The third-order valence-corrected chi connectivity index (χ3v) is 4.80. The average molecular weight is 281 g/mol. The Kier molecular flexibility index (Phi) is 4.40. The van der Waals surface area contributed by atoms with Gasteiger partial charge >= 0.3 is 5.97 Å². The summed E-state index contributed by atoms with van der Waals surface area (Å²) in [6.07, 6.45) is 7.75. The first-order valence-electron chi connectivity index (χ1n) is 7.86. The monoisotopic (exact) mass is 281 g/mol. The first kappa shape index (κ1) is 15.3. The molecule has 0 bridgehead atoms. The van der Waals surface area contributed by atoms with Crippen molar-refractivity contribution in [1.82, 2.24) is 5.32 Å². The van der Waals surface area contributed by atoms with E-state index in [9.17, 15) is 9.59 Å². The van der Waals surface area contributed by atoms with Crippen LogP contribution in [0.4, 0.5) is 0 Å². The van der Waals surface area contributed by atoms with E-state index in [-0.39, 0.29) is 18.3 Å². The molecule has 4 nitrogen and oxygen atoms in total. The van der Waals surface area contributed by atoms with Crippen LogP contribution in [0.25, 0.3) is 0 Å². The molecule has 2 aliphatic carbocycles. The predicted molar refractivity (Wildman–Crippen MR) is 77.1 cm³/mol. The molecule has 2 rings (SSSR count). The molecular weight excluding hydrogens is 254 g/mol. The largest absolute Gasteiger partial charge is 0.466 e. The highest BCUT2D eigenvalue weighted by atomic mass is 16.5. The summed E-state index contributed by atoms with van der Waals surface area (Å²) in [7, 11) is 0. The van der Waals surface area contributed by atoms with Gasteiger partial charge in [-0.15, -0.1) is 0 Å². The SMILES string of the molecule is CCOC(=O)C(C)(C)CC(=O)N[C@H]1CC12CCCCC2. The van der Waals surface area contributed by atoms with Gasteiger partial charge in [0.1, 0.15) is 0 Å². The first-order chi connectivity index (χ1) is 9.39. The number of ether oxygens (including phenoxy) is 1. The van der Waals surface area contributed by atoms with Crippen LogP contribution in [0.2, 0.25) is 0 Å². The van der Waals surface area contributed by atoms with Crippen molar-refractivity contribution in [3.8, 4) is 0 Å². The fourth-order valence-corrected chi connectivity index (χ4v) is 3.41. The van der Waals surface area contributed by atoms with E-state index < -0.39 is 5.41 Å². The zero-order valence-electron chi connectivity index (χ0n) is 13.0. The lowest BCUT2D eigenvalue weighted by Gasteiger charge is -2.24. The topological polar surface area (TPSA) is 55.4 Å². The van der Waals surface area contributed by atoms with Crippen molar-refractivity contribution in [1.29, 1.82) is 0 Å². The van der Waals surface area contributed by atoms with Crippen LogP contribution in [-0.2, 0) is 14.3 Å². The van der Waals surface area contributed by atoms with Crippen molar-refractivity contribution in [2.75, 3.05) is 6.61 Å². The molecule has 20 heavy (non-hydrogen) atoms. The van der Waals surface area contributed by atoms with Crippen LogP contribution >= 0.6 is 0 Å². The van der Waals surface area contributed by atoms with Gasteiger partial charge in [-0.2, -0.15) is 0 Å². The van der Waals surface area contributed by atoms with Crippen LogP contribution in [0.3, 0.4) is 0 Å². The Morgan fingerprint density at radius 3 is 2.50 bits per heavy atom. The summed E-state index contributed by atoms with van der Waals surface area (Å²) in [4.78, 5) is 23.9. The molecule has 0 unspecified atom stereocenters. The van der Waals surface area contributed by atoms with Crippen LogP contribution in [0.1, 0.15) is 65.7 Å². The molecule has 0 aromatic heterocycles. The zero-order chi connectivity index (χ0) is 14.8. The number of esters is 1. The number of hydrogen-bond acceptors (Lipinski definition) is 3. The maximum atomic E-state index is 12.1. The summed E-state index contributed by atoms with van der Waals surface area (Å²) in [5.74, 6) is -0.311. The van der Waals surface area contributed by atoms with Crippen molar-refractivity contribution in [2.24, 2.45) is 10.8 Å². The molecule has 1 atom stereocenters. The van der Waals surface area contributed by atoms with Gasteiger partial charge in [-0.25, -0.2) is 0 Å². The summed E-state index contributed by atoms with van der Waals surface area (Å²) < 4.78 is 5.02. The lowest BCUT2D eigenvalue weighted by atomic mass is 9.85. The molecule has 2 fully saturated rings. The van der Waals surface area contributed by atoms with Crippen molar-refractivity contribution in [3.63, 3.8) is 0 Å². The first-order valence-corrected chi connectivity index (χ1v) is 7.86. The molecule has 1 spiro atoms. The van der Waals surface area contributed by atoms with E-state index in [1.807, 2.05) is 0 Å². The van der Waals surface area contributed by atoms with Crippen molar-refractivity contribution in [3.05, 3.63) is 0 Å². The summed E-state index contributed by atoms with van der Waals surface area (Å²) in [6, 6.07) is 0.341. The average Bonchev–Trinajstić information content (AvgIpc) is 3.01. The fraction of sp³-hybridized carbons (Fsp3) is 0.875. The van der Waals surface area contributed by atoms with E-state index in [0.717, 1.165) is 6.42 Å². The van der Waals surface area contributed by atoms with Crippen LogP contribution in [0, 0.1) is 10.8 Å². The second-order valence-corrected chi connectivity index (χ2v) is 7.03. The Morgan fingerprint density at radius 1 is 1.25 bits per heavy atom. The van der Waals surface area contributed by atoms with Crippen molar-refractivity contribution < 1.29 is 14.3 Å². The van der Waals surface area contributed by atoms with Crippen molar-refractivity contribution in [2.45, 2.75) is 71.8 Å². The summed E-state index contributed by atoms with van der Waals surface area (Å²) in [5, 5.41) is 3.12. The highest BCUT2D eigenvalue weighted by Crippen LogP contribution is 2.56. The number of rotatable bonds is 5. The van der Waals surface area contributed by atoms with E-state index in [2.05, 4.69) is 5.32 Å². The molecule has 2 aliphatic rings. The standard InChI is InChI=1S/C16H27NO3/c1-4-20-14(19)15(2,3)11-13(18)17-12-10-16(12)8-6-5-7-9-16/h12H,4-11H2,1-3H3,(H,17,18)/t12-/m0/s1. The number of carbonyl (C=O) groups excluding carboxylic acids is 2. The van der Waals surface area contributed by atoms with E-state index in [1.165, 1.54) is 32.1 Å². The number of hydrogen-bond donors (Lipinski definition) is 1. The second kappa shape index (κ2) is 5.74. The van der Waals surface area contributed by atoms with Gasteiger partial charge in [-0.3, -0.25) is 9.59 Å². The van der Waals surface area contributed by atoms with Crippen molar-refractivity contribution >= 4 is 11.9 Å². The van der Waals surface area contributed by atoms with Crippen LogP contribution in [-0.4, -0.2) is 24.5 Å². The van der Waals surface area contributed by atoms with Gasteiger partial charge < -0.3 is 10.1 Å². The van der Waals surface area contributed by atoms with Gasteiger partial charge in [-0.1, -0.05) is 19.3 Å². The number of nitrogens with one attached hydrogen (secondary N) is 1. The normalized spacial score (nSPS) is 24.2. The highest BCUT2D eigenvalue weighted by molar-refractivity contribution is 5.85. The third kappa shape index (κ3) is 3.33. The second-order valence-electron chi connectivity index (χ2n) is 7.03. The highest BCUT2D eigenvalue weighted by Gasteiger charge is 2.54. The summed E-state index contributed by atoms with van der Waals surface area (Å²) >= 11 is 0. The predicted octanol–water partition coefficient (Wildman–Crippen LogP) is 2.80. The Labute approximate surface area is 121 Å². The van der Waals surface area contributed by atoms with E-state index >= 15 is 0 Å². The summed E-state index contributed by atoms with van der Waals surface area (Å²) in [6.45, 7) is 5.68. The minimum Gasteiger partial charge on any atom is -0.466 e. The van der Waals surface area contributed by atoms with Gasteiger partial charge in [0.2, 0.25) is 5.91 Å². The molecule has 0 heterocycles. The quantitative estimate of drug-likeness (QED) is 0.788. The molecule has 0 saturated heterocycles. The fourth-order valence-electron chi connectivity index (χ4n) is 3.41. The maximum absolute atomic E-state index is 12.1. The Balaban J connectivity index is 1.80. The molecule has 0 aliphatic heterocycles. The van der Waals surface area contributed by atoms with Crippen LogP contribution in [0.15, 0.2) is 0 Å². The molecule has 1 amide bonds. The van der Waals surface area contributed by atoms with E-state index in [0.29, 0.717) is 18.1 Å². The van der Waals surface area contributed by atoms with Gasteiger partial charge in [0, 0.05) is 12.5 Å². The molecule has 0 radical (unpaired) electrons. The van der Waals surface area contributed by atoms with Gasteiger partial charge in [0.15, 0.2) is 0 Å². The van der Waals surface area contributed by atoms with E-state index in [4.69, 9.17) is 4.74 Å². The zero-order valence-corrected chi connectivity index (χ0v) is 13.0. The minimum absolute atomic E-state index is 0.0181. The number of carbonyl (C=O) groups is 2. The third-order valence-electron chi connectivity index (χ3n) is 4.80. The molecule has 0 aromatic carbocycles. The Bertz CT molecular complexity index is 383.